The first-order chi connectivity index (χ1) is 6.36. The second-order valence-electron chi connectivity index (χ2n) is 2.86. The zero-order valence-corrected chi connectivity index (χ0v) is 10.0. The molecule has 0 bridgehead atoms. The lowest BCUT2D eigenvalue weighted by atomic mass is 10.5. The van der Waals surface area contributed by atoms with Crippen LogP contribution in [0.15, 0.2) is 9.98 Å². The average molecular weight is 294 g/mol. The van der Waals surface area contributed by atoms with Gasteiger partial charge >= 0.3 is 0 Å². The summed E-state index contributed by atoms with van der Waals surface area (Å²) < 4.78 is 0.986. The molecule has 1 heterocycles. The maximum Gasteiger partial charge on any atom is 0.0853 e. The minimum Gasteiger partial charge on any atom is -0.359 e. The molecule has 1 aliphatic heterocycles. The van der Waals surface area contributed by atoms with E-state index in [1.54, 1.807) is 7.05 Å². The molecule has 0 aromatic carbocycles. The van der Waals surface area contributed by atoms with Crippen molar-refractivity contribution in [1.82, 2.24) is 9.80 Å². The number of rotatable bonds is 5. The van der Waals surface area contributed by atoms with Crippen molar-refractivity contribution in [3.63, 3.8) is 0 Å². The molecule has 1 rings (SSSR count). The van der Waals surface area contributed by atoms with Crippen molar-refractivity contribution in [3.05, 3.63) is 0 Å². The largest absolute Gasteiger partial charge is 0.359 e. The summed E-state index contributed by atoms with van der Waals surface area (Å²) in [5.74, 6) is 0. The van der Waals surface area contributed by atoms with E-state index in [2.05, 4.69) is 42.4 Å². The lowest BCUT2D eigenvalue weighted by Crippen LogP contribution is -2.32. The van der Waals surface area contributed by atoms with E-state index in [1.807, 2.05) is 12.7 Å². The van der Waals surface area contributed by atoms with E-state index in [-0.39, 0.29) is 0 Å². The highest BCUT2D eigenvalue weighted by molar-refractivity contribution is 14.1. The standard InChI is InChI=1S/C8H15IN4/c1-10-7-13(6-9)5-4-12-3-2-11-8-12/h7-8H,2-6H2,1H3. The molecule has 0 saturated heterocycles. The molecule has 0 aliphatic carbocycles. The minimum absolute atomic E-state index is 0.950. The third kappa shape index (κ3) is 3.93. The van der Waals surface area contributed by atoms with Crippen LogP contribution in [0.3, 0.4) is 0 Å². The lowest BCUT2D eigenvalue weighted by molar-refractivity contribution is 0.397. The van der Waals surface area contributed by atoms with Gasteiger partial charge in [0.1, 0.15) is 0 Å². The first-order valence-corrected chi connectivity index (χ1v) is 5.85. The molecule has 0 saturated carbocycles. The summed E-state index contributed by atoms with van der Waals surface area (Å²) in [5, 5.41) is 0. The fraction of sp³-hybridized carbons (Fsp3) is 0.750. The summed E-state index contributed by atoms with van der Waals surface area (Å²) in [6.07, 6.45) is 3.83. The van der Waals surface area contributed by atoms with Gasteiger partial charge in [-0.25, -0.2) is 0 Å². The van der Waals surface area contributed by atoms with Gasteiger partial charge in [0.05, 0.1) is 23.8 Å². The third-order valence-corrected chi connectivity index (χ3v) is 2.74. The van der Waals surface area contributed by atoms with Gasteiger partial charge < -0.3 is 9.80 Å². The van der Waals surface area contributed by atoms with Crippen LogP contribution in [-0.4, -0.2) is 60.3 Å². The Morgan fingerprint density at radius 1 is 1.77 bits per heavy atom. The Morgan fingerprint density at radius 2 is 2.62 bits per heavy atom. The first kappa shape index (κ1) is 10.7. The van der Waals surface area contributed by atoms with E-state index in [0.717, 1.165) is 30.7 Å². The van der Waals surface area contributed by atoms with Gasteiger partial charge in [-0.2, -0.15) is 0 Å². The monoisotopic (exact) mass is 294 g/mol. The van der Waals surface area contributed by atoms with Crippen molar-refractivity contribution >= 4 is 35.3 Å². The van der Waals surface area contributed by atoms with Gasteiger partial charge in [-0.15, -0.1) is 0 Å². The van der Waals surface area contributed by atoms with Gasteiger partial charge in [0, 0.05) is 26.7 Å². The van der Waals surface area contributed by atoms with E-state index >= 15 is 0 Å². The van der Waals surface area contributed by atoms with E-state index < -0.39 is 0 Å². The summed E-state index contributed by atoms with van der Waals surface area (Å²) >= 11 is 2.34. The van der Waals surface area contributed by atoms with E-state index in [4.69, 9.17) is 0 Å². The molecule has 13 heavy (non-hydrogen) atoms. The Bertz CT molecular complexity index is 193. The topological polar surface area (TPSA) is 31.2 Å². The van der Waals surface area contributed by atoms with Crippen LogP contribution in [0, 0.1) is 0 Å². The van der Waals surface area contributed by atoms with Crippen molar-refractivity contribution in [2.45, 2.75) is 0 Å². The molecule has 74 valence electrons. The zero-order valence-electron chi connectivity index (χ0n) is 7.86. The molecule has 0 aromatic heterocycles. The van der Waals surface area contributed by atoms with Crippen molar-refractivity contribution in [3.8, 4) is 0 Å². The van der Waals surface area contributed by atoms with Crippen LogP contribution in [-0.2, 0) is 0 Å². The molecule has 0 fully saturated rings. The summed E-state index contributed by atoms with van der Waals surface area (Å²) in [4.78, 5) is 12.6. The molecular formula is C8H15IN4. The first-order valence-electron chi connectivity index (χ1n) is 4.33. The van der Waals surface area contributed by atoms with Gasteiger partial charge in [0.15, 0.2) is 0 Å². The quantitative estimate of drug-likeness (QED) is 0.245. The summed E-state index contributed by atoms with van der Waals surface area (Å²) in [6, 6.07) is 0. The van der Waals surface area contributed by atoms with Crippen molar-refractivity contribution in [2.75, 3.05) is 37.8 Å². The number of alkyl halides is 1. The number of halogens is 1. The molecular weight excluding hydrogens is 279 g/mol. The van der Waals surface area contributed by atoms with E-state index in [9.17, 15) is 0 Å². The fourth-order valence-corrected chi connectivity index (χ4v) is 1.67. The van der Waals surface area contributed by atoms with Crippen LogP contribution < -0.4 is 0 Å². The van der Waals surface area contributed by atoms with Gasteiger partial charge in [-0.3, -0.25) is 9.98 Å². The molecule has 0 atom stereocenters. The second kappa shape index (κ2) is 6.17. The second-order valence-corrected chi connectivity index (χ2v) is 3.55. The van der Waals surface area contributed by atoms with Crippen LogP contribution in [0.1, 0.15) is 0 Å². The zero-order chi connectivity index (χ0) is 9.52. The van der Waals surface area contributed by atoms with E-state index in [1.165, 1.54) is 0 Å². The Labute approximate surface area is 92.9 Å². The van der Waals surface area contributed by atoms with Crippen molar-refractivity contribution in [2.24, 2.45) is 9.98 Å². The fourth-order valence-electron chi connectivity index (χ4n) is 1.16. The minimum atomic E-state index is 0.950. The summed E-state index contributed by atoms with van der Waals surface area (Å²) in [6.45, 7) is 4.08. The van der Waals surface area contributed by atoms with Gasteiger partial charge in [0.2, 0.25) is 0 Å². The normalized spacial score (nSPS) is 16.0. The smallest absolute Gasteiger partial charge is 0.0853 e. The molecule has 0 spiro atoms. The van der Waals surface area contributed by atoms with Gasteiger partial charge in [-0.05, 0) is 0 Å². The molecule has 0 unspecified atom stereocenters. The summed E-state index contributed by atoms with van der Waals surface area (Å²) in [7, 11) is 1.80. The van der Waals surface area contributed by atoms with Crippen molar-refractivity contribution in [1.29, 1.82) is 0 Å². The highest BCUT2D eigenvalue weighted by Gasteiger charge is 2.05. The van der Waals surface area contributed by atoms with Gasteiger partial charge in [-0.1, -0.05) is 22.6 Å². The van der Waals surface area contributed by atoms with Crippen LogP contribution in [0.5, 0.6) is 0 Å². The van der Waals surface area contributed by atoms with Crippen molar-refractivity contribution < 1.29 is 0 Å². The highest BCUT2D eigenvalue weighted by Crippen LogP contribution is 1.95. The molecule has 0 amide bonds. The highest BCUT2D eigenvalue weighted by atomic mass is 127. The number of nitrogens with zero attached hydrogens (tertiary/aromatic N) is 4. The Kier molecular flexibility index (Phi) is 5.10. The maximum absolute atomic E-state index is 4.16. The maximum atomic E-state index is 4.16. The predicted octanol–water partition coefficient (Wildman–Crippen LogP) is 0.683. The Balaban J connectivity index is 2.18. The molecule has 5 heteroatoms. The number of aliphatic imine (C=N–C) groups is 2. The molecule has 0 radical (unpaired) electrons. The lowest BCUT2D eigenvalue weighted by Gasteiger charge is -2.20. The van der Waals surface area contributed by atoms with Crippen LogP contribution in [0.2, 0.25) is 0 Å². The van der Waals surface area contributed by atoms with Crippen LogP contribution in [0.4, 0.5) is 0 Å². The molecule has 0 aromatic rings. The van der Waals surface area contributed by atoms with E-state index in [0.29, 0.717) is 0 Å². The van der Waals surface area contributed by atoms with Gasteiger partial charge in [0.25, 0.3) is 0 Å². The summed E-state index contributed by atoms with van der Waals surface area (Å²) in [5.41, 5.74) is 0. The Morgan fingerprint density at radius 3 is 3.15 bits per heavy atom. The number of hydrogen-bond acceptors (Lipinski definition) is 3. The SMILES string of the molecule is CN=CN(CI)CCN1C=NCC1. The molecule has 4 nitrogen and oxygen atoms in total. The van der Waals surface area contributed by atoms with Crippen LogP contribution in [0.25, 0.3) is 0 Å². The molecule has 0 N–H and O–H groups in total. The number of hydrogen-bond donors (Lipinski definition) is 0. The molecule has 1 aliphatic rings. The third-order valence-electron chi connectivity index (χ3n) is 1.87. The predicted molar refractivity (Wildman–Crippen MR) is 64.9 cm³/mol. The Hall–Kier alpha value is -0.330. The van der Waals surface area contributed by atoms with Crippen LogP contribution >= 0.6 is 22.6 Å². The average Bonchev–Trinajstić information content (AvgIpc) is 2.64.